The molecule has 1 aromatic heterocycles. The van der Waals surface area contributed by atoms with Crippen molar-refractivity contribution in [3.8, 4) is 11.9 Å². The molecular formula is C36H41F3N6O2. The average molecular weight is 647 g/mol. The van der Waals surface area contributed by atoms with Gasteiger partial charge in [-0.1, -0.05) is 76.2 Å². The lowest BCUT2D eigenvalue weighted by molar-refractivity contribution is -0.137. The Morgan fingerprint density at radius 3 is 2.09 bits per heavy atom. The Bertz CT molecular complexity index is 1650. The molecular weight excluding hydrogens is 605 g/mol. The topological polar surface area (TPSA) is 94.3 Å². The first-order valence-corrected chi connectivity index (χ1v) is 15.6. The minimum absolute atomic E-state index is 0.0734. The maximum atomic E-state index is 13.4. The van der Waals surface area contributed by atoms with E-state index in [0.29, 0.717) is 12.4 Å². The van der Waals surface area contributed by atoms with Crippen LogP contribution in [0.4, 0.5) is 19.0 Å². The maximum absolute atomic E-state index is 13.4. The van der Waals surface area contributed by atoms with Crippen molar-refractivity contribution in [3.05, 3.63) is 113 Å². The molecule has 1 N–H and O–H groups in total. The summed E-state index contributed by atoms with van der Waals surface area (Å²) >= 11 is 0. The molecule has 3 aromatic carbocycles. The third-order valence-electron chi connectivity index (χ3n) is 7.38. The van der Waals surface area contributed by atoms with Gasteiger partial charge in [0.25, 0.3) is 5.91 Å². The number of likely N-dealkylation sites (N-methyl/N-ethyl adjacent to an activating group) is 1. The number of carbonyl (C=O) groups is 2. The fraction of sp³-hybridized carbons (Fsp3) is 0.333. The lowest BCUT2D eigenvalue weighted by atomic mass is 10.1. The molecule has 1 aliphatic heterocycles. The summed E-state index contributed by atoms with van der Waals surface area (Å²) in [5, 5.41) is 15.6. The number of carbonyl (C=O) groups excluding carboxylic acids is 2. The number of benzene rings is 3. The Morgan fingerprint density at radius 1 is 0.957 bits per heavy atom. The Kier molecular flexibility index (Phi) is 12.7. The largest absolute Gasteiger partial charge is 0.416 e. The lowest BCUT2D eigenvalue weighted by Gasteiger charge is -2.27. The molecule has 0 aliphatic carbocycles. The number of alkyl halides is 3. The molecule has 1 atom stereocenters. The number of fused-ring (bicyclic) bond motifs is 1. The molecule has 248 valence electrons. The van der Waals surface area contributed by atoms with Crippen molar-refractivity contribution < 1.29 is 22.8 Å². The smallest absolute Gasteiger partial charge is 0.341 e. The third-order valence-corrected chi connectivity index (χ3v) is 7.38. The average Bonchev–Trinajstić information content (AvgIpc) is 3.71. The summed E-state index contributed by atoms with van der Waals surface area (Å²) in [5.74, 6) is -0.496. The number of para-hydroxylation sites is 1. The molecule has 5 rings (SSSR count). The predicted octanol–water partition coefficient (Wildman–Crippen LogP) is 7.70. The first-order chi connectivity index (χ1) is 22.4. The van der Waals surface area contributed by atoms with Crippen molar-refractivity contribution in [2.24, 2.45) is 0 Å². The second-order valence-electron chi connectivity index (χ2n) is 10.9. The number of hydrogen-bond acceptors (Lipinski definition) is 5. The second-order valence-corrected chi connectivity index (χ2v) is 10.9. The monoisotopic (exact) mass is 646 g/mol. The summed E-state index contributed by atoms with van der Waals surface area (Å²) in [7, 11) is 0. The number of nitrogens with one attached hydrogen (secondary N) is 1. The van der Waals surface area contributed by atoms with Gasteiger partial charge in [0.2, 0.25) is 5.91 Å². The summed E-state index contributed by atoms with van der Waals surface area (Å²) in [4.78, 5) is 29.3. The fourth-order valence-corrected chi connectivity index (χ4v) is 5.02. The van der Waals surface area contributed by atoms with E-state index < -0.39 is 29.6 Å². The van der Waals surface area contributed by atoms with E-state index in [1.165, 1.54) is 29.0 Å². The first-order valence-electron chi connectivity index (χ1n) is 15.6. The number of aromatic nitrogens is 2. The van der Waals surface area contributed by atoms with Gasteiger partial charge in [-0.3, -0.25) is 14.5 Å². The van der Waals surface area contributed by atoms with Gasteiger partial charge in [0.05, 0.1) is 30.5 Å². The second kappa shape index (κ2) is 16.5. The summed E-state index contributed by atoms with van der Waals surface area (Å²) in [6.07, 6.45) is -0.708. The number of halogens is 3. The van der Waals surface area contributed by atoms with E-state index >= 15 is 0 Å². The highest BCUT2D eigenvalue weighted by Gasteiger charge is 2.32. The van der Waals surface area contributed by atoms with Gasteiger partial charge in [-0.15, -0.1) is 0 Å². The molecule has 47 heavy (non-hydrogen) atoms. The standard InChI is InChI=1S/C25H27F3N4O2.C9H8N2.C2H6/c1-5-31(23-21(16(2)3)15-29-32(23)20-12-7-6-8-13-20)24(34)17(4)30-22(33)18-10-9-11-19(14-18)25(26,27)28;10-7-11-5-8-3-1-2-4-9(8)6-11;1-2/h6-17H,5H2,1-4H3,(H,30,33);1-4H,5-6H2;1-2H3. The van der Waals surface area contributed by atoms with E-state index in [-0.39, 0.29) is 11.5 Å². The third kappa shape index (κ3) is 9.00. The number of anilines is 1. The summed E-state index contributed by atoms with van der Waals surface area (Å²) < 4.78 is 40.7. The minimum atomic E-state index is -4.57. The van der Waals surface area contributed by atoms with E-state index in [1.807, 2.05) is 77.1 Å². The summed E-state index contributed by atoms with van der Waals surface area (Å²) in [5.41, 5.74) is 3.10. The number of amides is 2. The van der Waals surface area contributed by atoms with E-state index in [0.717, 1.165) is 42.5 Å². The SMILES string of the molecule is CC.CCN(C(=O)C(C)NC(=O)c1cccc(C(F)(F)F)c1)c1c(C(C)C)cnn1-c1ccccc1.N#CN1Cc2ccccc2C1. The van der Waals surface area contributed by atoms with Gasteiger partial charge in [-0.2, -0.15) is 23.5 Å². The van der Waals surface area contributed by atoms with Crippen molar-refractivity contribution in [1.82, 2.24) is 20.0 Å². The van der Waals surface area contributed by atoms with Crippen LogP contribution in [0.3, 0.4) is 0 Å². The molecule has 0 saturated heterocycles. The van der Waals surface area contributed by atoms with Gasteiger partial charge < -0.3 is 10.2 Å². The van der Waals surface area contributed by atoms with Crippen LogP contribution in [0.25, 0.3) is 5.69 Å². The number of hydrogen-bond donors (Lipinski definition) is 1. The van der Waals surface area contributed by atoms with Gasteiger partial charge in [0.1, 0.15) is 11.9 Å². The van der Waals surface area contributed by atoms with Gasteiger partial charge in [-0.25, -0.2) is 4.68 Å². The highest BCUT2D eigenvalue weighted by atomic mass is 19.4. The van der Waals surface area contributed by atoms with Crippen molar-refractivity contribution in [3.63, 3.8) is 0 Å². The zero-order valence-electron chi connectivity index (χ0n) is 27.5. The Balaban J connectivity index is 0.000000383. The van der Waals surface area contributed by atoms with Crippen LogP contribution in [0.1, 0.15) is 80.1 Å². The lowest BCUT2D eigenvalue weighted by Crippen LogP contribution is -2.48. The Hall–Kier alpha value is -5.11. The summed E-state index contributed by atoms with van der Waals surface area (Å²) in [6.45, 7) is 13.2. The highest BCUT2D eigenvalue weighted by Crippen LogP contribution is 2.31. The first kappa shape index (κ1) is 36.4. The van der Waals surface area contributed by atoms with Gasteiger partial charge >= 0.3 is 6.18 Å². The molecule has 1 unspecified atom stereocenters. The molecule has 0 spiro atoms. The Morgan fingerprint density at radius 2 is 1.55 bits per heavy atom. The molecule has 0 radical (unpaired) electrons. The van der Waals surface area contributed by atoms with Crippen LogP contribution in [0.15, 0.2) is 85.1 Å². The van der Waals surface area contributed by atoms with Gasteiger partial charge in [0.15, 0.2) is 6.19 Å². The van der Waals surface area contributed by atoms with E-state index in [4.69, 9.17) is 5.26 Å². The molecule has 2 amide bonds. The normalized spacial score (nSPS) is 12.5. The van der Waals surface area contributed by atoms with Crippen molar-refractivity contribution >= 4 is 17.6 Å². The molecule has 0 saturated carbocycles. The van der Waals surface area contributed by atoms with Crippen molar-refractivity contribution in [2.45, 2.75) is 72.8 Å². The summed E-state index contributed by atoms with van der Waals surface area (Å²) in [6, 6.07) is 20.7. The van der Waals surface area contributed by atoms with E-state index in [2.05, 4.69) is 28.7 Å². The maximum Gasteiger partial charge on any atom is 0.416 e. The molecule has 2 heterocycles. The molecule has 0 fully saturated rings. The van der Waals surface area contributed by atoms with Crippen LogP contribution in [-0.2, 0) is 24.1 Å². The van der Waals surface area contributed by atoms with Crippen LogP contribution in [-0.4, -0.2) is 39.1 Å². The van der Waals surface area contributed by atoms with Crippen LogP contribution in [0.2, 0.25) is 0 Å². The molecule has 0 bridgehead atoms. The number of nitriles is 1. The van der Waals surface area contributed by atoms with Crippen molar-refractivity contribution in [2.75, 3.05) is 11.4 Å². The minimum Gasteiger partial charge on any atom is -0.341 e. The van der Waals surface area contributed by atoms with E-state index in [9.17, 15) is 22.8 Å². The predicted molar refractivity (Wildman–Crippen MR) is 177 cm³/mol. The van der Waals surface area contributed by atoms with Crippen LogP contribution >= 0.6 is 0 Å². The zero-order valence-corrected chi connectivity index (χ0v) is 27.5. The fourth-order valence-electron chi connectivity index (χ4n) is 5.02. The zero-order chi connectivity index (χ0) is 34.7. The number of nitrogens with zero attached hydrogens (tertiary/aromatic N) is 5. The number of rotatable bonds is 7. The van der Waals surface area contributed by atoms with Gasteiger partial charge in [-0.05, 0) is 61.2 Å². The molecule has 1 aliphatic rings. The van der Waals surface area contributed by atoms with E-state index in [1.54, 1.807) is 15.8 Å². The van der Waals surface area contributed by atoms with Crippen LogP contribution < -0.4 is 10.2 Å². The van der Waals surface area contributed by atoms with Crippen LogP contribution in [0, 0.1) is 11.5 Å². The molecule has 8 nitrogen and oxygen atoms in total. The quantitative estimate of drug-likeness (QED) is 0.208. The van der Waals surface area contributed by atoms with Crippen LogP contribution in [0.5, 0.6) is 0 Å². The molecule has 4 aromatic rings. The van der Waals surface area contributed by atoms with Gasteiger partial charge in [0, 0.05) is 17.7 Å². The highest BCUT2D eigenvalue weighted by molar-refractivity contribution is 6.02. The molecule has 11 heteroatoms. The van der Waals surface area contributed by atoms with Crippen molar-refractivity contribution in [1.29, 1.82) is 5.26 Å². The Labute approximate surface area is 274 Å².